The number of hydrogen-bond acceptors (Lipinski definition) is 4. The van der Waals surface area contributed by atoms with Gasteiger partial charge in [0.2, 0.25) is 10.0 Å². The van der Waals surface area contributed by atoms with E-state index in [1.54, 1.807) is 24.3 Å². The Kier molecular flexibility index (Phi) is 4.06. The van der Waals surface area contributed by atoms with Crippen LogP contribution >= 0.6 is 0 Å². The molecule has 0 radical (unpaired) electrons. The van der Waals surface area contributed by atoms with Gasteiger partial charge in [0.25, 0.3) is 0 Å². The molecule has 0 bridgehead atoms. The van der Waals surface area contributed by atoms with E-state index in [1.807, 2.05) is 0 Å². The number of aromatic nitrogens is 1. The van der Waals surface area contributed by atoms with Gasteiger partial charge in [-0.25, -0.2) is 22.5 Å². The minimum absolute atomic E-state index is 0.0910. The Labute approximate surface area is 122 Å². The number of rotatable bonds is 4. The Hall–Kier alpha value is -2.25. The maximum absolute atomic E-state index is 12.3. The maximum Gasteiger partial charge on any atom is 0.354 e. The van der Waals surface area contributed by atoms with Crippen molar-refractivity contribution in [2.75, 3.05) is 14.1 Å². The Balaban J connectivity index is 2.58. The van der Waals surface area contributed by atoms with Gasteiger partial charge < -0.3 is 5.11 Å². The topological polar surface area (TPSA) is 87.6 Å². The van der Waals surface area contributed by atoms with Crippen LogP contribution < -0.4 is 0 Å². The van der Waals surface area contributed by atoms with Gasteiger partial charge in [-0.2, -0.15) is 0 Å². The van der Waals surface area contributed by atoms with Crippen molar-refractivity contribution < 1.29 is 18.3 Å². The van der Waals surface area contributed by atoms with Gasteiger partial charge in [-0.15, -0.1) is 0 Å². The van der Waals surface area contributed by atoms with E-state index in [0.717, 1.165) is 4.31 Å². The SMILES string of the molecule is CN(C)S(=O)(=O)c1ccccc1-c1ccc(C(=O)O)nc1. The summed E-state index contributed by atoms with van der Waals surface area (Å²) in [5.41, 5.74) is 0.934. The summed E-state index contributed by atoms with van der Waals surface area (Å²) < 4.78 is 25.8. The van der Waals surface area contributed by atoms with E-state index in [9.17, 15) is 13.2 Å². The van der Waals surface area contributed by atoms with Crippen molar-refractivity contribution in [3.05, 3.63) is 48.3 Å². The zero-order valence-electron chi connectivity index (χ0n) is 11.5. The molecule has 0 saturated carbocycles. The second kappa shape index (κ2) is 5.63. The van der Waals surface area contributed by atoms with Gasteiger partial charge in [-0.05, 0) is 12.1 Å². The molecule has 21 heavy (non-hydrogen) atoms. The third kappa shape index (κ3) is 2.93. The normalized spacial score (nSPS) is 11.6. The fraction of sp³-hybridized carbons (Fsp3) is 0.143. The molecule has 0 unspecified atom stereocenters. The van der Waals surface area contributed by atoms with E-state index in [-0.39, 0.29) is 10.6 Å². The summed E-state index contributed by atoms with van der Waals surface area (Å²) in [6.07, 6.45) is 1.35. The van der Waals surface area contributed by atoms with Crippen molar-refractivity contribution in [1.82, 2.24) is 9.29 Å². The predicted octanol–water partition coefficient (Wildman–Crippen LogP) is 1.70. The van der Waals surface area contributed by atoms with Crippen molar-refractivity contribution in [3.8, 4) is 11.1 Å². The molecule has 0 aliphatic heterocycles. The molecule has 1 N–H and O–H groups in total. The number of carboxylic acids is 1. The molecule has 0 fully saturated rings. The maximum atomic E-state index is 12.3. The van der Waals surface area contributed by atoms with Crippen LogP contribution in [0, 0.1) is 0 Å². The third-order valence-electron chi connectivity index (χ3n) is 2.94. The molecule has 1 heterocycles. The summed E-state index contributed by atoms with van der Waals surface area (Å²) in [5.74, 6) is -1.13. The van der Waals surface area contributed by atoms with Crippen molar-refractivity contribution in [3.63, 3.8) is 0 Å². The van der Waals surface area contributed by atoms with Crippen LogP contribution in [0.25, 0.3) is 11.1 Å². The largest absolute Gasteiger partial charge is 0.477 e. The van der Waals surface area contributed by atoms with Crippen LogP contribution in [-0.2, 0) is 10.0 Å². The molecule has 1 aromatic carbocycles. The zero-order valence-corrected chi connectivity index (χ0v) is 12.3. The average molecular weight is 306 g/mol. The third-order valence-corrected chi connectivity index (χ3v) is 4.81. The van der Waals surface area contributed by atoms with Gasteiger partial charge in [-0.1, -0.05) is 24.3 Å². The first-order valence-electron chi connectivity index (χ1n) is 6.05. The molecule has 0 amide bonds. The van der Waals surface area contributed by atoms with Crippen molar-refractivity contribution in [1.29, 1.82) is 0 Å². The van der Waals surface area contributed by atoms with Gasteiger partial charge in [0.15, 0.2) is 0 Å². The average Bonchev–Trinajstić information content (AvgIpc) is 2.47. The molecule has 1 aromatic heterocycles. The second-order valence-electron chi connectivity index (χ2n) is 4.52. The molecular weight excluding hydrogens is 292 g/mol. The van der Waals surface area contributed by atoms with E-state index in [1.165, 1.54) is 32.4 Å². The number of sulfonamides is 1. The number of carboxylic acid groups (broad SMARTS) is 1. The highest BCUT2D eigenvalue weighted by Gasteiger charge is 2.21. The van der Waals surface area contributed by atoms with Crippen molar-refractivity contribution in [2.24, 2.45) is 0 Å². The summed E-state index contributed by atoms with van der Waals surface area (Å²) in [6.45, 7) is 0. The minimum atomic E-state index is -3.59. The first-order valence-corrected chi connectivity index (χ1v) is 7.49. The molecular formula is C14H14N2O4S. The van der Waals surface area contributed by atoms with Gasteiger partial charge in [0.1, 0.15) is 5.69 Å². The molecule has 2 aromatic rings. The summed E-state index contributed by atoms with van der Waals surface area (Å²) in [7, 11) is -0.680. The summed E-state index contributed by atoms with van der Waals surface area (Å²) in [5, 5.41) is 8.84. The van der Waals surface area contributed by atoms with Gasteiger partial charge in [-0.3, -0.25) is 0 Å². The van der Waals surface area contributed by atoms with E-state index in [4.69, 9.17) is 5.11 Å². The summed E-state index contributed by atoms with van der Waals surface area (Å²) in [6, 6.07) is 9.41. The lowest BCUT2D eigenvalue weighted by atomic mass is 10.1. The van der Waals surface area contributed by atoms with Crippen LogP contribution in [0.15, 0.2) is 47.5 Å². The van der Waals surface area contributed by atoms with Crippen molar-refractivity contribution >= 4 is 16.0 Å². The van der Waals surface area contributed by atoms with Crippen LogP contribution in [0.4, 0.5) is 0 Å². The number of nitrogens with zero attached hydrogens (tertiary/aromatic N) is 2. The van der Waals surface area contributed by atoms with Gasteiger partial charge in [0.05, 0.1) is 4.90 Å². The smallest absolute Gasteiger partial charge is 0.354 e. The highest BCUT2D eigenvalue weighted by atomic mass is 32.2. The van der Waals surface area contributed by atoms with Gasteiger partial charge >= 0.3 is 5.97 Å². The van der Waals surface area contributed by atoms with Crippen LogP contribution in [0.1, 0.15) is 10.5 Å². The first-order chi connectivity index (χ1) is 9.84. The first kappa shape index (κ1) is 15.1. The Morgan fingerprint density at radius 2 is 1.81 bits per heavy atom. The highest BCUT2D eigenvalue weighted by Crippen LogP contribution is 2.28. The van der Waals surface area contributed by atoms with Crippen LogP contribution in [-0.4, -0.2) is 42.9 Å². The highest BCUT2D eigenvalue weighted by molar-refractivity contribution is 7.89. The Morgan fingerprint density at radius 3 is 2.33 bits per heavy atom. The van der Waals surface area contributed by atoms with Crippen LogP contribution in [0.3, 0.4) is 0 Å². The van der Waals surface area contributed by atoms with E-state index in [0.29, 0.717) is 11.1 Å². The van der Waals surface area contributed by atoms with Crippen LogP contribution in [0.5, 0.6) is 0 Å². The lowest BCUT2D eigenvalue weighted by Gasteiger charge is -2.15. The fourth-order valence-corrected chi connectivity index (χ4v) is 2.91. The molecule has 0 aliphatic rings. The zero-order chi connectivity index (χ0) is 15.6. The molecule has 0 spiro atoms. The molecule has 2 rings (SSSR count). The molecule has 0 atom stereocenters. The molecule has 110 valence electrons. The van der Waals surface area contributed by atoms with E-state index >= 15 is 0 Å². The molecule has 6 nitrogen and oxygen atoms in total. The number of aromatic carboxylic acids is 1. The van der Waals surface area contributed by atoms with Gasteiger partial charge in [0, 0.05) is 31.4 Å². The molecule has 0 aliphatic carbocycles. The quantitative estimate of drug-likeness (QED) is 0.929. The second-order valence-corrected chi connectivity index (χ2v) is 6.64. The fourth-order valence-electron chi connectivity index (χ4n) is 1.81. The number of hydrogen-bond donors (Lipinski definition) is 1. The van der Waals surface area contributed by atoms with E-state index < -0.39 is 16.0 Å². The number of pyridine rings is 1. The summed E-state index contributed by atoms with van der Waals surface area (Å²) >= 11 is 0. The standard InChI is InChI=1S/C14H14N2O4S/c1-16(2)21(19,20)13-6-4-3-5-11(13)10-7-8-12(14(17)18)15-9-10/h3-9H,1-2H3,(H,17,18). The van der Waals surface area contributed by atoms with E-state index in [2.05, 4.69) is 4.98 Å². The van der Waals surface area contributed by atoms with Crippen LogP contribution in [0.2, 0.25) is 0 Å². The lowest BCUT2D eigenvalue weighted by molar-refractivity contribution is 0.0690. The number of benzene rings is 1. The monoisotopic (exact) mass is 306 g/mol. The Bertz CT molecular complexity index is 768. The summed E-state index contributed by atoms with van der Waals surface area (Å²) in [4.78, 5) is 14.8. The lowest BCUT2D eigenvalue weighted by Crippen LogP contribution is -2.22. The molecule has 7 heteroatoms. The van der Waals surface area contributed by atoms with Crippen molar-refractivity contribution in [2.45, 2.75) is 4.90 Å². The Morgan fingerprint density at radius 1 is 1.14 bits per heavy atom. The minimum Gasteiger partial charge on any atom is -0.477 e. The molecule has 0 saturated heterocycles. The predicted molar refractivity (Wildman–Crippen MR) is 77.5 cm³/mol. The number of carbonyl (C=O) groups is 1.